The number of nitrogens with one attached hydrogen (secondary N) is 1. The number of ether oxygens (including phenoxy) is 1. The summed E-state index contributed by atoms with van der Waals surface area (Å²) in [7, 11) is 0. The molecule has 2 unspecified atom stereocenters. The van der Waals surface area contributed by atoms with Crippen LogP contribution in [0.5, 0.6) is 0 Å². The van der Waals surface area contributed by atoms with Crippen LogP contribution in [-0.4, -0.2) is 35.4 Å². The Morgan fingerprint density at radius 1 is 1.44 bits per heavy atom. The summed E-state index contributed by atoms with van der Waals surface area (Å²) in [5.41, 5.74) is -0.804. The van der Waals surface area contributed by atoms with E-state index in [2.05, 4.69) is 19.2 Å². The maximum atomic E-state index is 11.5. The van der Waals surface area contributed by atoms with Crippen LogP contribution < -0.4 is 5.32 Å². The molecule has 0 spiro atoms. The first-order chi connectivity index (χ1) is 7.37. The van der Waals surface area contributed by atoms with E-state index < -0.39 is 11.5 Å². The fraction of sp³-hybridized carbons (Fsp3) is 0.917. The Kier molecular flexibility index (Phi) is 4.33. The van der Waals surface area contributed by atoms with Gasteiger partial charge in [0.1, 0.15) is 5.54 Å². The van der Waals surface area contributed by atoms with Crippen LogP contribution in [0.15, 0.2) is 0 Å². The van der Waals surface area contributed by atoms with Gasteiger partial charge in [-0.3, -0.25) is 10.1 Å². The molecule has 0 radical (unpaired) electrons. The minimum absolute atomic E-state index is 0.0381. The van der Waals surface area contributed by atoms with Crippen molar-refractivity contribution in [3.05, 3.63) is 0 Å². The Labute approximate surface area is 97.4 Å². The second-order valence-electron chi connectivity index (χ2n) is 5.29. The van der Waals surface area contributed by atoms with E-state index in [4.69, 9.17) is 4.74 Å². The second kappa shape index (κ2) is 5.15. The van der Waals surface area contributed by atoms with Crippen molar-refractivity contribution in [2.45, 2.75) is 58.2 Å². The van der Waals surface area contributed by atoms with Gasteiger partial charge in [-0.15, -0.1) is 0 Å². The molecule has 1 aliphatic heterocycles. The van der Waals surface area contributed by atoms with Gasteiger partial charge in [0, 0.05) is 19.1 Å². The van der Waals surface area contributed by atoms with Crippen molar-refractivity contribution in [1.29, 1.82) is 0 Å². The highest BCUT2D eigenvalue weighted by molar-refractivity contribution is 5.79. The monoisotopic (exact) mass is 229 g/mol. The van der Waals surface area contributed by atoms with E-state index in [0.29, 0.717) is 25.4 Å². The van der Waals surface area contributed by atoms with Crippen molar-refractivity contribution in [3.8, 4) is 0 Å². The number of carbonyl (C=O) groups is 1. The maximum Gasteiger partial charge on any atom is 0.324 e. The van der Waals surface area contributed by atoms with E-state index >= 15 is 0 Å². The lowest BCUT2D eigenvalue weighted by molar-refractivity contribution is -0.154. The summed E-state index contributed by atoms with van der Waals surface area (Å²) in [4.78, 5) is 11.5. The highest BCUT2D eigenvalue weighted by Gasteiger charge is 2.44. The van der Waals surface area contributed by atoms with E-state index in [-0.39, 0.29) is 12.1 Å². The van der Waals surface area contributed by atoms with Crippen LogP contribution in [0.3, 0.4) is 0 Å². The molecule has 4 nitrogen and oxygen atoms in total. The van der Waals surface area contributed by atoms with Crippen LogP contribution in [0.25, 0.3) is 0 Å². The molecule has 0 saturated carbocycles. The number of rotatable bonds is 4. The third kappa shape index (κ3) is 2.95. The molecule has 0 amide bonds. The highest BCUT2D eigenvalue weighted by atomic mass is 16.5. The summed E-state index contributed by atoms with van der Waals surface area (Å²) in [5.74, 6) is -0.400. The molecule has 1 fully saturated rings. The van der Waals surface area contributed by atoms with Gasteiger partial charge in [0.15, 0.2) is 0 Å². The van der Waals surface area contributed by atoms with Crippen molar-refractivity contribution in [3.63, 3.8) is 0 Å². The average Bonchev–Trinajstić information content (AvgIpc) is 2.16. The second-order valence-corrected chi connectivity index (χ2v) is 5.29. The number of carboxylic acids is 1. The molecule has 0 bridgehead atoms. The summed E-state index contributed by atoms with van der Waals surface area (Å²) in [6, 6.07) is 0.169. The van der Waals surface area contributed by atoms with Gasteiger partial charge < -0.3 is 9.84 Å². The van der Waals surface area contributed by atoms with Gasteiger partial charge in [0.2, 0.25) is 0 Å². The van der Waals surface area contributed by atoms with Crippen molar-refractivity contribution in [2.24, 2.45) is 5.92 Å². The molecular formula is C12H23NO3. The summed E-state index contributed by atoms with van der Waals surface area (Å²) in [6.07, 6.45) is 1.14. The lowest BCUT2D eigenvalue weighted by atomic mass is 9.82. The summed E-state index contributed by atoms with van der Waals surface area (Å²) in [5, 5.41) is 12.6. The van der Waals surface area contributed by atoms with E-state index in [1.807, 2.05) is 13.8 Å². The molecular weight excluding hydrogens is 206 g/mol. The molecule has 4 heteroatoms. The van der Waals surface area contributed by atoms with Gasteiger partial charge in [-0.2, -0.15) is 0 Å². The highest BCUT2D eigenvalue weighted by Crippen LogP contribution is 2.29. The standard InChI is InChI=1S/C12H23NO3/c1-8(2)10-7-12(11(14)15,5-6-16-10)13-9(3)4/h8-10,13H,5-7H2,1-4H3,(H,14,15). The number of aliphatic carboxylic acids is 1. The third-order valence-electron chi connectivity index (χ3n) is 3.13. The Morgan fingerprint density at radius 2 is 2.06 bits per heavy atom. The molecule has 16 heavy (non-hydrogen) atoms. The molecule has 0 aromatic heterocycles. The van der Waals surface area contributed by atoms with Crippen LogP contribution in [0.1, 0.15) is 40.5 Å². The van der Waals surface area contributed by atoms with Crippen LogP contribution >= 0.6 is 0 Å². The Morgan fingerprint density at radius 3 is 2.50 bits per heavy atom. The minimum atomic E-state index is -0.804. The summed E-state index contributed by atoms with van der Waals surface area (Å²) in [6.45, 7) is 8.61. The van der Waals surface area contributed by atoms with Gasteiger partial charge >= 0.3 is 5.97 Å². The van der Waals surface area contributed by atoms with Crippen molar-refractivity contribution in [1.82, 2.24) is 5.32 Å². The molecule has 1 rings (SSSR count). The van der Waals surface area contributed by atoms with Crippen molar-refractivity contribution < 1.29 is 14.6 Å². The molecule has 1 saturated heterocycles. The van der Waals surface area contributed by atoms with Crippen LogP contribution in [0, 0.1) is 5.92 Å². The first-order valence-electron chi connectivity index (χ1n) is 6.00. The van der Waals surface area contributed by atoms with E-state index in [1.54, 1.807) is 0 Å². The lowest BCUT2D eigenvalue weighted by Crippen LogP contribution is -2.59. The molecule has 1 aliphatic rings. The van der Waals surface area contributed by atoms with Crippen LogP contribution in [0.4, 0.5) is 0 Å². The molecule has 1 heterocycles. The van der Waals surface area contributed by atoms with Crippen LogP contribution in [-0.2, 0) is 9.53 Å². The molecule has 0 aliphatic carbocycles. The Bertz CT molecular complexity index is 253. The number of hydrogen-bond donors (Lipinski definition) is 2. The van der Waals surface area contributed by atoms with Gasteiger partial charge in [-0.05, 0) is 26.2 Å². The maximum absolute atomic E-state index is 11.5. The quantitative estimate of drug-likeness (QED) is 0.769. The summed E-state index contributed by atoms with van der Waals surface area (Å²) < 4.78 is 5.62. The largest absolute Gasteiger partial charge is 0.480 e. The zero-order valence-electron chi connectivity index (χ0n) is 10.6. The zero-order chi connectivity index (χ0) is 12.3. The number of hydrogen-bond acceptors (Lipinski definition) is 3. The Balaban J connectivity index is 2.80. The topological polar surface area (TPSA) is 58.6 Å². The normalized spacial score (nSPS) is 31.0. The minimum Gasteiger partial charge on any atom is -0.480 e. The Hall–Kier alpha value is -0.610. The van der Waals surface area contributed by atoms with Gasteiger partial charge in [-0.25, -0.2) is 0 Å². The predicted octanol–water partition coefficient (Wildman–Crippen LogP) is 1.64. The van der Waals surface area contributed by atoms with Crippen molar-refractivity contribution in [2.75, 3.05) is 6.61 Å². The average molecular weight is 229 g/mol. The zero-order valence-corrected chi connectivity index (χ0v) is 10.6. The molecule has 2 N–H and O–H groups in total. The predicted molar refractivity (Wildman–Crippen MR) is 62.5 cm³/mol. The first kappa shape index (κ1) is 13.5. The van der Waals surface area contributed by atoms with E-state index in [1.165, 1.54) is 0 Å². The fourth-order valence-electron chi connectivity index (χ4n) is 2.26. The van der Waals surface area contributed by atoms with E-state index in [9.17, 15) is 9.90 Å². The van der Waals surface area contributed by atoms with Gasteiger partial charge in [-0.1, -0.05) is 13.8 Å². The van der Waals surface area contributed by atoms with Crippen LogP contribution in [0.2, 0.25) is 0 Å². The third-order valence-corrected chi connectivity index (χ3v) is 3.13. The molecule has 0 aromatic rings. The number of carboxylic acid groups (broad SMARTS) is 1. The molecule has 0 aromatic carbocycles. The lowest BCUT2D eigenvalue weighted by Gasteiger charge is -2.41. The smallest absolute Gasteiger partial charge is 0.324 e. The SMILES string of the molecule is CC(C)NC1(C(=O)O)CCOC(C(C)C)C1. The first-order valence-corrected chi connectivity index (χ1v) is 6.00. The van der Waals surface area contributed by atoms with E-state index in [0.717, 1.165) is 0 Å². The van der Waals surface area contributed by atoms with Gasteiger partial charge in [0.05, 0.1) is 6.10 Å². The molecule has 94 valence electrons. The van der Waals surface area contributed by atoms with Crippen molar-refractivity contribution >= 4 is 5.97 Å². The molecule has 2 atom stereocenters. The van der Waals surface area contributed by atoms with Gasteiger partial charge in [0.25, 0.3) is 0 Å². The fourth-order valence-corrected chi connectivity index (χ4v) is 2.26. The summed E-state index contributed by atoms with van der Waals surface area (Å²) >= 11 is 0.